The van der Waals surface area contributed by atoms with Crippen LogP contribution in [0.5, 0.6) is 0 Å². The molecule has 0 unspecified atom stereocenters. The van der Waals surface area contributed by atoms with E-state index in [9.17, 15) is 13.2 Å². The number of halogens is 6. The molecule has 10 aromatic carbocycles. The number of aryl methyl sites for hydroxylation is 4. The van der Waals surface area contributed by atoms with Crippen LogP contribution in [0.4, 0.5) is 26.3 Å². The molecular formula is C66H46F6N2. The minimum Gasteiger partial charge on any atom is -0.307 e. The number of alkyl halides is 6. The second-order valence-corrected chi connectivity index (χ2v) is 19.5. The first-order valence-electron chi connectivity index (χ1n) is 24.4. The van der Waals surface area contributed by atoms with Gasteiger partial charge in [-0.2, -0.15) is 26.3 Å². The van der Waals surface area contributed by atoms with Crippen molar-refractivity contribution in [3.8, 4) is 67.0 Å². The van der Waals surface area contributed by atoms with Gasteiger partial charge in [0.25, 0.3) is 0 Å². The summed E-state index contributed by atoms with van der Waals surface area (Å²) in [5, 5.41) is 3.35. The van der Waals surface area contributed by atoms with Crippen LogP contribution >= 0.6 is 0 Å². The number of benzene rings is 10. The Morgan fingerprint density at radius 2 is 0.595 bits per heavy atom. The third-order valence-electron chi connectivity index (χ3n) is 14.3. The van der Waals surface area contributed by atoms with E-state index in [0.717, 1.165) is 113 Å². The van der Waals surface area contributed by atoms with Crippen LogP contribution in [0.25, 0.3) is 111 Å². The van der Waals surface area contributed by atoms with E-state index in [1.807, 2.05) is 146 Å². The summed E-state index contributed by atoms with van der Waals surface area (Å²) in [5.41, 5.74) is 12.7. The Morgan fingerprint density at radius 1 is 0.284 bits per heavy atom. The third kappa shape index (κ3) is 8.20. The Hall–Kier alpha value is -8.62. The van der Waals surface area contributed by atoms with Crippen LogP contribution in [0.2, 0.25) is 0 Å². The zero-order valence-electron chi connectivity index (χ0n) is 40.8. The van der Waals surface area contributed by atoms with E-state index in [-0.39, 0.29) is 16.8 Å². The monoisotopic (exact) mass is 980 g/mol. The zero-order valence-corrected chi connectivity index (χ0v) is 40.8. The fourth-order valence-corrected chi connectivity index (χ4v) is 10.9. The summed E-state index contributed by atoms with van der Waals surface area (Å²) < 4.78 is 95.5. The molecule has 362 valence electrons. The lowest BCUT2D eigenvalue weighted by molar-refractivity contribution is -0.137. The summed E-state index contributed by atoms with van der Waals surface area (Å²) in [6.45, 7) is 8.15. The molecule has 0 bridgehead atoms. The van der Waals surface area contributed by atoms with Crippen molar-refractivity contribution in [2.45, 2.75) is 40.0 Å². The van der Waals surface area contributed by atoms with Crippen molar-refractivity contribution >= 4 is 43.6 Å². The Bertz CT molecular complexity index is 4020. The van der Waals surface area contributed by atoms with E-state index in [2.05, 4.69) is 60.7 Å². The van der Waals surface area contributed by atoms with E-state index < -0.39 is 23.5 Å². The van der Waals surface area contributed by atoms with Crippen LogP contribution in [0.1, 0.15) is 33.4 Å². The lowest BCUT2D eigenvalue weighted by Crippen LogP contribution is -2.12. The minimum atomic E-state index is -4.99. The van der Waals surface area contributed by atoms with Crippen LogP contribution in [0.3, 0.4) is 0 Å². The van der Waals surface area contributed by atoms with Crippen molar-refractivity contribution in [1.29, 1.82) is 0 Å². The van der Waals surface area contributed by atoms with Crippen molar-refractivity contribution in [3.05, 3.63) is 240 Å². The molecule has 8 heteroatoms. The molecule has 0 amide bonds. The lowest BCUT2D eigenvalue weighted by atomic mass is 9.95. The van der Waals surface area contributed by atoms with Crippen LogP contribution in [0, 0.1) is 27.7 Å². The Balaban J connectivity index is 1.23. The summed E-state index contributed by atoms with van der Waals surface area (Å²) >= 11 is 0. The molecule has 2 aromatic heterocycles. The van der Waals surface area contributed by atoms with Gasteiger partial charge in [-0.3, -0.25) is 0 Å². The highest BCUT2D eigenvalue weighted by atomic mass is 19.4. The molecule has 0 N–H and O–H groups in total. The lowest BCUT2D eigenvalue weighted by Gasteiger charge is -2.22. The maximum absolute atomic E-state index is 16.1. The fourth-order valence-electron chi connectivity index (χ4n) is 10.9. The predicted octanol–water partition coefficient (Wildman–Crippen LogP) is 19.5. The average molecular weight is 981 g/mol. The van der Waals surface area contributed by atoms with Gasteiger partial charge >= 0.3 is 12.4 Å². The van der Waals surface area contributed by atoms with Crippen molar-refractivity contribution in [2.75, 3.05) is 0 Å². The summed E-state index contributed by atoms with van der Waals surface area (Å²) in [7, 11) is 0. The van der Waals surface area contributed by atoms with Gasteiger partial charge in [0, 0.05) is 21.5 Å². The van der Waals surface area contributed by atoms with Gasteiger partial charge in [-0.15, -0.1) is 0 Å². The molecule has 0 saturated carbocycles. The van der Waals surface area contributed by atoms with E-state index in [1.54, 1.807) is 0 Å². The van der Waals surface area contributed by atoms with E-state index >= 15 is 13.2 Å². The number of hydrogen-bond acceptors (Lipinski definition) is 0. The molecule has 0 spiro atoms. The first kappa shape index (κ1) is 46.5. The molecule has 2 nitrogen and oxygen atoms in total. The Kier molecular flexibility index (Phi) is 11.0. The van der Waals surface area contributed by atoms with E-state index in [0.29, 0.717) is 27.8 Å². The normalized spacial score (nSPS) is 12.2. The number of aromatic nitrogens is 2. The zero-order chi connectivity index (χ0) is 51.2. The second-order valence-electron chi connectivity index (χ2n) is 19.5. The maximum atomic E-state index is 16.1. The van der Waals surface area contributed by atoms with Gasteiger partial charge in [0.05, 0.1) is 44.6 Å². The first-order chi connectivity index (χ1) is 35.6. The number of hydrogen-bond donors (Lipinski definition) is 0. The Labute approximate surface area is 424 Å². The number of nitrogens with zero attached hydrogens (tertiary/aromatic N) is 2. The topological polar surface area (TPSA) is 9.86 Å². The van der Waals surface area contributed by atoms with Crippen LogP contribution in [-0.4, -0.2) is 9.13 Å². The van der Waals surface area contributed by atoms with Crippen LogP contribution < -0.4 is 0 Å². The Morgan fingerprint density at radius 3 is 0.919 bits per heavy atom. The van der Waals surface area contributed by atoms with Gasteiger partial charge in [0.2, 0.25) is 0 Å². The van der Waals surface area contributed by atoms with E-state index in [4.69, 9.17) is 0 Å². The van der Waals surface area contributed by atoms with E-state index in [1.165, 1.54) is 12.1 Å². The summed E-state index contributed by atoms with van der Waals surface area (Å²) in [6, 6.07) is 64.0. The van der Waals surface area contributed by atoms with Gasteiger partial charge in [0.1, 0.15) is 0 Å². The molecule has 12 aromatic rings. The number of fused-ring (bicyclic) bond motifs is 6. The van der Waals surface area contributed by atoms with Crippen molar-refractivity contribution in [1.82, 2.24) is 9.13 Å². The molecule has 0 aliphatic heterocycles. The molecule has 0 atom stereocenters. The largest absolute Gasteiger partial charge is 0.417 e. The summed E-state index contributed by atoms with van der Waals surface area (Å²) in [6.07, 6.45) is -9.79. The molecule has 0 aliphatic carbocycles. The molecular weight excluding hydrogens is 935 g/mol. The van der Waals surface area contributed by atoms with Gasteiger partial charge in [0.15, 0.2) is 0 Å². The molecule has 0 fully saturated rings. The number of rotatable bonds is 7. The minimum absolute atomic E-state index is 0.198. The smallest absolute Gasteiger partial charge is 0.307 e. The highest BCUT2D eigenvalue weighted by Gasteiger charge is 2.37. The maximum Gasteiger partial charge on any atom is 0.417 e. The van der Waals surface area contributed by atoms with Gasteiger partial charge in [-0.1, -0.05) is 156 Å². The third-order valence-corrected chi connectivity index (χ3v) is 14.3. The summed E-state index contributed by atoms with van der Waals surface area (Å²) in [4.78, 5) is 0. The standard InChI is InChI=1S/C66H46F6N2/c1-39-10-5-14-43(28-39)47-20-24-59-54(33-47)55-34-48(44-15-6-11-40(2)29-44)21-25-60(55)73(59)63-37-53(51-18-9-19-52(32-51)65(67,68)69)58(66(70,71)72)38-64(63)74-61-26-22-49(45-16-7-12-41(3)30-45)35-56(61)57-36-50(23-27-62(57)74)46-17-8-13-42(4)31-46/h5-38H,1-4H3. The van der Waals surface area contributed by atoms with Gasteiger partial charge in [-0.25, -0.2) is 0 Å². The fraction of sp³-hybridized carbons (Fsp3) is 0.0909. The predicted molar refractivity (Wildman–Crippen MR) is 291 cm³/mol. The average Bonchev–Trinajstić information content (AvgIpc) is 3.89. The second kappa shape index (κ2) is 17.6. The highest BCUT2D eigenvalue weighted by molar-refractivity contribution is 6.14. The summed E-state index contributed by atoms with van der Waals surface area (Å²) in [5.74, 6) is 0. The van der Waals surface area contributed by atoms with Crippen molar-refractivity contribution < 1.29 is 26.3 Å². The molecule has 2 heterocycles. The molecule has 0 aliphatic rings. The molecule has 74 heavy (non-hydrogen) atoms. The van der Waals surface area contributed by atoms with Gasteiger partial charge < -0.3 is 9.13 Å². The molecule has 12 rings (SSSR count). The van der Waals surface area contributed by atoms with Gasteiger partial charge in [-0.05, 0) is 156 Å². The van der Waals surface area contributed by atoms with Crippen LogP contribution in [-0.2, 0) is 12.4 Å². The SMILES string of the molecule is Cc1cccc(-c2ccc3c(c2)c2cc(-c4cccc(C)c4)ccc2n3-c2cc(-c3cccc(C(F)(F)F)c3)c(C(F)(F)F)cc2-n2c3ccc(-c4cccc(C)c4)cc3c3cc(-c4cccc(C)c4)ccc32)c1. The quantitative estimate of drug-likeness (QED) is 0.141. The molecule has 0 saturated heterocycles. The van der Waals surface area contributed by atoms with Crippen molar-refractivity contribution in [3.63, 3.8) is 0 Å². The molecule has 0 radical (unpaired) electrons. The highest BCUT2D eigenvalue weighted by Crippen LogP contribution is 2.47. The van der Waals surface area contributed by atoms with Crippen LogP contribution in [0.15, 0.2) is 206 Å². The first-order valence-corrected chi connectivity index (χ1v) is 24.4. The van der Waals surface area contributed by atoms with Crippen molar-refractivity contribution in [2.24, 2.45) is 0 Å².